The number of hydrogen-bond donors (Lipinski definition) is 1. The molecule has 2 N–H and O–H groups in total. The van der Waals surface area contributed by atoms with Crippen LogP contribution < -0.4 is 5.73 Å². The fourth-order valence-electron chi connectivity index (χ4n) is 2.40. The van der Waals surface area contributed by atoms with Crippen molar-refractivity contribution in [2.24, 2.45) is 0 Å². The van der Waals surface area contributed by atoms with Crippen LogP contribution in [0.25, 0.3) is 0 Å². The number of anilines is 1. The minimum atomic E-state index is 0.123. The van der Waals surface area contributed by atoms with Gasteiger partial charge in [-0.2, -0.15) is 0 Å². The van der Waals surface area contributed by atoms with Crippen LogP contribution in [0.1, 0.15) is 37.7 Å². The number of benzene rings is 1. The summed E-state index contributed by atoms with van der Waals surface area (Å²) in [6.07, 6.45) is 3.49. The van der Waals surface area contributed by atoms with Crippen LogP contribution in [0.3, 0.4) is 0 Å². The molecule has 0 aliphatic heterocycles. The first kappa shape index (κ1) is 11.5. The van der Waals surface area contributed by atoms with E-state index in [1.807, 2.05) is 25.1 Å². The molecule has 92 valence electrons. The third-order valence-corrected chi connectivity index (χ3v) is 4.74. The van der Waals surface area contributed by atoms with Crippen LogP contribution in [0.5, 0.6) is 0 Å². The second kappa shape index (κ2) is 4.25. The third-order valence-electron chi connectivity index (χ3n) is 3.50. The van der Waals surface area contributed by atoms with Gasteiger partial charge >= 0.3 is 0 Å². The molecular formula is C15H15NOS. The van der Waals surface area contributed by atoms with E-state index in [0.717, 1.165) is 34.5 Å². The van der Waals surface area contributed by atoms with E-state index in [9.17, 15) is 4.79 Å². The smallest absolute Gasteiger partial charge is 0.202 e. The number of nitrogen functional groups attached to an aromatic ring is 1. The normalized spacial score (nSPS) is 13.6. The molecule has 0 amide bonds. The van der Waals surface area contributed by atoms with Gasteiger partial charge in [-0.05, 0) is 61.6 Å². The Morgan fingerprint density at radius 3 is 2.83 bits per heavy atom. The predicted octanol–water partition coefficient (Wildman–Crippen LogP) is 3.36. The van der Waals surface area contributed by atoms with Gasteiger partial charge in [-0.1, -0.05) is 0 Å². The summed E-state index contributed by atoms with van der Waals surface area (Å²) in [5.41, 5.74) is 9.59. The van der Waals surface area contributed by atoms with Gasteiger partial charge in [0.2, 0.25) is 5.78 Å². The topological polar surface area (TPSA) is 43.1 Å². The van der Waals surface area contributed by atoms with Gasteiger partial charge in [0.15, 0.2) is 0 Å². The van der Waals surface area contributed by atoms with E-state index in [2.05, 4.69) is 6.07 Å². The average molecular weight is 257 g/mol. The summed E-state index contributed by atoms with van der Waals surface area (Å²) in [6.45, 7) is 1.93. The molecule has 0 spiro atoms. The van der Waals surface area contributed by atoms with E-state index < -0.39 is 0 Å². The van der Waals surface area contributed by atoms with E-state index in [-0.39, 0.29) is 5.78 Å². The van der Waals surface area contributed by atoms with Gasteiger partial charge in [0.05, 0.1) is 4.88 Å². The Kier molecular flexibility index (Phi) is 2.71. The van der Waals surface area contributed by atoms with Crippen molar-refractivity contribution in [2.45, 2.75) is 26.2 Å². The first-order chi connectivity index (χ1) is 8.65. The maximum Gasteiger partial charge on any atom is 0.202 e. The number of fused-ring (bicyclic) bond motifs is 1. The van der Waals surface area contributed by atoms with Crippen molar-refractivity contribution in [3.63, 3.8) is 0 Å². The van der Waals surface area contributed by atoms with Crippen LogP contribution in [-0.2, 0) is 12.8 Å². The maximum absolute atomic E-state index is 12.4. The largest absolute Gasteiger partial charge is 0.399 e. The van der Waals surface area contributed by atoms with Crippen molar-refractivity contribution < 1.29 is 4.79 Å². The van der Waals surface area contributed by atoms with Crippen molar-refractivity contribution in [3.05, 3.63) is 50.7 Å². The first-order valence-corrected chi connectivity index (χ1v) is 6.99. The van der Waals surface area contributed by atoms with Gasteiger partial charge in [-0.25, -0.2) is 0 Å². The zero-order chi connectivity index (χ0) is 12.7. The quantitative estimate of drug-likeness (QED) is 0.662. The van der Waals surface area contributed by atoms with E-state index in [1.54, 1.807) is 11.3 Å². The molecule has 1 aromatic carbocycles. The summed E-state index contributed by atoms with van der Waals surface area (Å²) in [7, 11) is 0. The number of nitrogens with two attached hydrogens (primary N) is 1. The SMILES string of the molecule is Cc1cc(C(=O)c2cc3c(s2)CCC3)ccc1N. The molecule has 1 heterocycles. The lowest BCUT2D eigenvalue weighted by Gasteiger charge is -2.03. The minimum absolute atomic E-state index is 0.123. The van der Waals surface area contributed by atoms with Crippen molar-refractivity contribution in [1.29, 1.82) is 0 Å². The lowest BCUT2D eigenvalue weighted by molar-refractivity contribution is 0.104. The van der Waals surface area contributed by atoms with Gasteiger partial charge in [0, 0.05) is 16.1 Å². The minimum Gasteiger partial charge on any atom is -0.399 e. The van der Waals surface area contributed by atoms with Gasteiger partial charge in [-0.3, -0.25) is 4.79 Å². The molecule has 3 rings (SSSR count). The van der Waals surface area contributed by atoms with Gasteiger partial charge in [0.1, 0.15) is 0 Å². The highest BCUT2D eigenvalue weighted by atomic mass is 32.1. The Balaban J connectivity index is 1.95. The molecule has 2 aromatic rings. The van der Waals surface area contributed by atoms with Crippen molar-refractivity contribution >= 4 is 22.8 Å². The van der Waals surface area contributed by atoms with Crippen molar-refractivity contribution in [3.8, 4) is 0 Å². The molecule has 0 saturated carbocycles. The number of hydrogen-bond acceptors (Lipinski definition) is 3. The molecule has 1 aromatic heterocycles. The van der Waals surface area contributed by atoms with Gasteiger partial charge in [-0.15, -0.1) is 11.3 Å². The van der Waals surface area contributed by atoms with Gasteiger partial charge < -0.3 is 5.73 Å². The second-order valence-corrected chi connectivity index (χ2v) is 5.95. The third kappa shape index (κ3) is 1.85. The molecule has 0 unspecified atom stereocenters. The zero-order valence-corrected chi connectivity index (χ0v) is 11.1. The van der Waals surface area contributed by atoms with E-state index in [1.165, 1.54) is 16.9 Å². The van der Waals surface area contributed by atoms with E-state index >= 15 is 0 Å². The predicted molar refractivity (Wildman–Crippen MR) is 75.4 cm³/mol. The Labute approximate surface area is 110 Å². The van der Waals surface area contributed by atoms with Crippen LogP contribution in [0.15, 0.2) is 24.3 Å². The fourth-order valence-corrected chi connectivity index (χ4v) is 3.62. The Bertz CT molecular complexity index is 606. The summed E-state index contributed by atoms with van der Waals surface area (Å²) in [5.74, 6) is 0.123. The van der Waals surface area contributed by atoms with Gasteiger partial charge in [0.25, 0.3) is 0 Å². The van der Waals surface area contributed by atoms with Crippen molar-refractivity contribution in [1.82, 2.24) is 0 Å². The van der Waals surface area contributed by atoms with Crippen LogP contribution in [0.2, 0.25) is 0 Å². The number of rotatable bonds is 2. The van der Waals surface area contributed by atoms with Crippen LogP contribution in [0.4, 0.5) is 5.69 Å². The number of ketones is 1. The Morgan fingerprint density at radius 2 is 2.11 bits per heavy atom. The van der Waals surface area contributed by atoms with Crippen LogP contribution in [0, 0.1) is 6.92 Å². The van der Waals surface area contributed by atoms with Crippen LogP contribution in [-0.4, -0.2) is 5.78 Å². The number of carbonyl (C=O) groups is 1. The zero-order valence-electron chi connectivity index (χ0n) is 10.3. The molecule has 0 bridgehead atoms. The molecule has 0 fully saturated rings. The molecule has 0 atom stereocenters. The summed E-state index contributed by atoms with van der Waals surface area (Å²) in [5, 5.41) is 0. The standard InChI is InChI=1S/C15H15NOS/c1-9-7-11(5-6-12(9)16)15(17)14-8-10-3-2-4-13(10)18-14/h5-8H,2-4,16H2,1H3. The molecule has 0 saturated heterocycles. The lowest BCUT2D eigenvalue weighted by Crippen LogP contribution is -2.00. The monoisotopic (exact) mass is 257 g/mol. The second-order valence-electron chi connectivity index (χ2n) is 4.81. The lowest BCUT2D eigenvalue weighted by atomic mass is 10.1. The molecule has 1 aliphatic rings. The van der Waals surface area contributed by atoms with Crippen LogP contribution >= 0.6 is 11.3 Å². The highest BCUT2D eigenvalue weighted by Gasteiger charge is 2.19. The van der Waals surface area contributed by atoms with Crippen molar-refractivity contribution in [2.75, 3.05) is 5.73 Å². The molecule has 3 heteroatoms. The summed E-state index contributed by atoms with van der Waals surface area (Å²) >= 11 is 1.65. The maximum atomic E-state index is 12.4. The molecular weight excluding hydrogens is 242 g/mol. The molecule has 18 heavy (non-hydrogen) atoms. The summed E-state index contributed by atoms with van der Waals surface area (Å²) in [6, 6.07) is 7.57. The number of thiophene rings is 1. The van der Waals surface area contributed by atoms with E-state index in [4.69, 9.17) is 5.73 Å². The van der Waals surface area contributed by atoms with E-state index in [0.29, 0.717) is 0 Å². The first-order valence-electron chi connectivity index (χ1n) is 6.17. The Hall–Kier alpha value is -1.61. The fraction of sp³-hybridized carbons (Fsp3) is 0.267. The highest BCUT2D eigenvalue weighted by molar-refractivity contribution is 7.14. The molecule has 0 radical (unpaired) electrons. The summed E-state index contributed by atoms with van der Waals surface area (Å²) in [4.78, 5) is 14.6. The molecule has 2 nitrogen and oxygen atoms in total. The number of carbonyl (C=O) groups excluding carboxylic acids is 1. The number of aryl methyl sites for hydroxylation is 3. The summed E-state index contributed by atoms with van der Waals surface area (Å²) < 4.78 is 0. The average Bonchev–Trinajstić information content (AvgIpc) is 2.92. The Morgan fingerprint density at radius 1 is 1.28 bits per heavy atom. The molecule has 1 aliphatic carbocycles. The highest BCUT2D eigenvalue weighted by Crippen LogP contribution is 2.32.